The third kappa shape index (κ3) is 3.88. The van der Waals surface area contributed by atoms with Crippen LogP contribution in [0.1, 0.15) is 21.7 Å². The number of hydrogen-bond donors (Lipinski definition) is 1. The minimum Gasteiger partial charge on any atom is -0.490 e. The van der Waals surface area contributed by atoms with Gasteiger partial charge >= 0.3 is 5.69 Å². The van der Waals surface area contributed by atoms with Crippen LogP contribution in [0.5, 0.6) is 5.75 Å². The maximum atomic E-state index is 12.5. The van der Waals surface area contributed by atoms with E-state index in [1.807, 2.05) is 30.3 Å². The van der Waals surface area contributed by atoms with Crippen LogP contribution < -0.4 is 10.2 Å². The second kappa shape index (κ2) is 8.12. The van der Waals surface area contributed by atoms with Gasteiger partial charge < -0.3 is 9.26 Å². The van der Waals surface area contributed by atoms with Crippen molar-refractivity contribution >= 4 is 17.8 Å². The third-order valence-corrected chi connectivity index (χ3v) is 3.92. The van der Waals surface area contributed by atoms with Crippen molar-refractivity contribution in [1.29, 1.82) is 0 Å². The molecule has 3 aromatic rings. The topological polar surface area (TPSA) is 120 Å². The number of carbonyl (C=O) groups excluding carboxylic acids is 1. The maximum absolute atomic E-state index is 12.5. The highest BCUT2D eigenvalue weighted by Gasteiger charge is 2.21. The smallest absolute Gasteiger partial charge is 0.311 e. The van der Waals surface area contributed by atoms with Crippen molar-refractivity contribution in [1.82, 2.24) is 10.6 Å². The standard InChI is InChI=1S/C19H16N4O5/c1-12-17(18(22-28-12)14-6-4-3-5-7-14)19(24)21-20-11-13-8-9-16(27-2)15(10-13)23(25)26/h3-11H,1-2H3,(H,21,24)/b20-11-. The zero-order valence-electron chi connectivity index (χ0n) is 15.1. The molecule has 2 aromatic carbocycles. The van der Waals surface area contributed by atoms with Crippen molar-refractivity contribution in [3.63, 3.8) is 0 Å². The van der Waals surface area contributed by atoms with Crippen LogP contribution in [0.3, 0.4) is 0 Å². The predicted molar refractivity (Wildman–Crippen MR) is 101 cm³/mol. The first-order valence-corrected chi connectivity index (χ1v) is 8.18. The molecule has 0 aliphatic heterocycles. The van der Waals surface area contributed by atoms with Crippen molar-refractivity contribution in [2.45, 2.75) is 6.92 Å². The van der Waals surface area contributed by atoms with Crippen LogP contribution in [0.2, 0.25) is 0 Å². The van der Waals surface area contributed by atoms with Gasteiger partial charge in [0.25, 0.3) is 5.91 Å². The van der Waals surface area contributed by atoms with Gasteiger partial charge in [-0.1, -0.05) is 35.5 Å². The minimum absolute atomic E-state index is 0.138. The van der Waals surface area contributed by atoms with E-state index in [9.17, 15) is 14.9 Å². The average molecular weight is 380 g/mol. The molecule has 9 heteroatoms. The Morgan fingerprint density at radius 2 is 2.04 bits per heavy atom. The number of benzene rings is 2. The fraction of sp³-hybridized carbons (Fsp3) is 0.105. The number of aryl methyl sites for hydroxylation is 1. The van der Waals surface area contributed by atoms with Gasteiger partial charge in [0.15, 0.2) is 5.75 Å². The van der Waals surface area contributed by atoms with Crippen LogP contribution in [-0.4, -0.2) is 29.3 Å². The van der Waals surface area contributed by atoms with Gasteiger partial charge in [0, 0.05) is 17.2 Å². The van der Waals surface area contributed by atoms with E-state index >= 15 is 0 Å². The molecule has 1 heterocycles. The van der Waals surface area contributed by atoms with E-state index in [1.165, 1.54) is 25.5 Å². The lowest BCUT2D eigenvalue weighted by Crippen LogP contribution is -2.18. The number of aromatic nitrogens is 1. The molecule has 1 N–H and O–H groups in total. The number of ether oxygens (including phenoxy) is 1. The number of hydrazone groups is 1. The van der Waals surface area contributed by atoms with Crippen molar-refractivity contribution in [3.05, 3.63) is 75.5 Å². The van der Waals surface area contributed by atoms with Gasteiger partial charge in [0.2, 0.25) is 0 Å². The molecule has 0 saturated carbocycles. The lowest BCUT2D eigenvalue weighted by molar-refractivity contribution is -0.385. The predicted octanol–water partition coefficient (Wildman–Crippen LogP) is 3.33. The fourth-order valence-corrected chi connectivity index (χ4v) is 2.58. The van der Waals surface area contributed by atoms with E-state index in [4.69, 9.17) is 9.26 Å². The van der Waals surface area contributed by atoms with Crippen LogP contribution in [0, 0.1) is 17.0 Å². The second-order valence-corrected chi connectivity index (χ2v) is 5.72. The summed E-state index contributed by atoms with van der Waals surface area (Å²) >= 11 is 0. The number of methoxy groups -OCH3 is 1. The second-order valence-electron chi connectivity index (χ2n) is 5.72. The van der Waals surface area contributed by atoms with Gasteiger partial charge in [-0.05, 0) is 19.1 Å². The Bertz CT molecular complexity index is 1040. The van der Waals surface area contributed by atoms with E-state index in [-0.39, 0.29) is 17.0 Å². The summed E-state index contributed by atoms with van der Waals surface area (Å²) < 4.78 is 10.1. The molecule has 1 amide bonds. The molecule has 0 aliphatic carbocycles. The van der Waals surface area contributed by atoms with Gasteiger partial charge in [0.05, 0.1) is 18.2 Å². The molecular weight excluding hydrogens is 364 g/mol. The highest BCUT2D eigenvalue weighted by atomic mass is 16.6. The molecule has 0 atom stereocenters. The summed E-state index contributed by atoms with van der Waals surface area (Å²) in [6, 6.07) is 13.5. The Balaban J connectivity index is 1.79. The van der Waals surface area contributed by atoms with Crippen molar-refractivity contribution in [2.75, 3.05) is 7.11 Å². The van der Waals surface area contributed by atoms with Crippen LogP contribution in [-0.2, 0) is 0 Å². The summed E-state index contributed by atoms with van der Waals surface area (Å²) in [4.78, 5) is 23.1. The fourth-order valence-electron chi connectivity index (χ4n) is 2.58. The molecule has 9 nitrogen and oxygen atoms in total. The van der Waals surface area contributed by atoms with E-state index in [0.29, 0.717) is 17.0 Å². The maximum Gasteiger partial charge on any atom is 0.311 e. The third-order valence-electron chi connectivity index (χ3n) is 3.92. The molecular formula is C19H16N4O5. The number of nitro groups is 1. The largest absolute Gasteiger partial charge is 0.490 e. The molecule has 3 rings (SSSR count). The van der Waals surface area contributed by atoms with Gasteiger partial charge in [-0.3, -0.25) is 14.9 Å². The lowest BCUT2D eigenvalue weighted by Gasteiger charge is -2.03. The van der Waals surface area contributed by atoms with Gasteiger partial charge in [0.1, 0.15) is 17.0 Å². The molecule has 142 valence electrons. The average Bonchev–Trinajstić information content (AvgIpc) is 3.10. The van der Waals surface area contributed by atoms with Crippen molar-refractivity contribution in [3.8, 4) is 17.0 Å². The number of nitro benzene ring substituents is 1. The summed E-state index contributed by atoms with van der Waals surface area (Å²) in [7, 11) is 1.35. The molecule has 1 aromatic heterocycles. The van der Waals surface area contributed by atoms with Gasteiger partial charge in [-0.15, -0.1) is 0 Å². The van der Waals surface area contributed by atoms with E-state index in [1.54, 1.807) is 13.0 Å². The SMILES string of the molecule is COc1ccc(/C=N\NC(=O)c2c(-c3ccccc3)noc2C)cc1[N+](=O)[O-]. The highest BCUT2D eigenvalue weighted by Crippen LogP contribution is 2.27. The first kappa shape index (κ1) is 18.8. The first-order chi connectivity index (χ1) is 13.5. The number of amides is 1. The number of hydrogen-bond acceptors (Lipinski definition) is 7. The van der Waals surface area contributed by atoms with E-state index in [2.05, 4.69) is 15.7 Å². The molecule has 0 spiro atoms. The Hall–Kier alpha value is -4.01. The Kier molecular flexibility index (Phi) is 5.45. The van der Waals surface area contributed by atoms with Crippen LogP contribution in [0.25, 0.3) is 11.3 Å². The monoisotopic (exact) mass is 380 g/mol. The van der Waals surface area contributed by atoms with Gasteiger partial charge in [-0.2, -0.15) is 5.10 Å². The molecule has 0 aliphatic rings. The minimum atomic E-state index is -0.554. The van der Waals surface area contributed by atoms with Gasteiger partial charge in [-0.25, -0.2) is 5.43 Å². The van der Waals surface area contributed by atoms with E-state index < -0.39 is 10.8 Å². The summed E-state index contributed by atoms with van der Waals surface area (Å²) in [5, 5.41) is 18.9. The quantitative estimate of drug-likeness (QED) is 0.398. The summed E-state index contributed by atoms with van der Waals surface area (Å²) in [6.07, 6.45) is 1.30. The summed E-state index contributed by atoms with van der Waals surface area (Å²) in [5.41, 5.74) is 4.04. The lowest BCUT2D eigenvalue weighted by atomic mass is 10.1. The first-order valence-electron chi connectivity index (χ1n) is 8.18. The molecule has 0 saturated heterocycles. The van der Waals surface area contributed by atoms with Crippen molar-refractivity contribution in [2.24, 2.45) is 5.10 Å². The molecule has 0 bridgehead atoms. The summed E-state index contributed by atoms with van der Waals surface area (Å²) in [6.45, 7) is 1.63. The van der Waals surface area contributed by atoms with Crippen LogP contribution in [0.4, 0.5) is 5.69 Å². The molecule has 0 fully saturated rings. The normalized spacial score (nSPS) is 10.8. The number of nitrogens with one attached hydrogen (secondary N) is 1. The van der Waals surface area contributed by atoms with E-state index in [0.717, 1.165) is 5.56 Å². The molecule has 28 heavy (non-hydrogen) atoms. The highest BCUT2D eigenvalue weighted by molar-refractivity contribution is 6.01. The van der Waals surface area contributed by atoms with Crippen LogP contribution in [0.15, 0.2) is 58.2 Å². The van der Waals surface area contributed by atoms with Crippen molar-refractivity contribution < 1.29 is 19.0 Å². The number of nitrogens with zero attached hydrogens (tertiary/aromatic N) is 3. The Labute approximate surface area is 159 Å². The Morgan fingerprint density at radius 1 is 1.29 bits per heavy atom. The zero-order chi connectivity index (χ0) is 20.1. The summed E-state index contributed by atoms with van der Waals surface area (Å²) in [5.74, 6) is -0.0118. The zero-order valence-corrected chi connectivity index (χ0v) is 15.1. The Morgan fingerprint density at radius 3 is 2.71 bits per heavy atom. The number of rotatable bonds is 6. The molecule has 0 unspecified atom stereocenters. The van der Waals surface area contributed by atoms with Crippen LogP contribution >= 0.6 is 0 Å². The number of carbonyl (C=O) groups is 1. The molecule has 0 radical (unpaired) electrons.